The summed E-state index contributed by atoms with van der Waals surface area (Å²) in [5.41, 5.74) is 4.73. The highest BCUT2D eigenvalue weighted by Gasteiger charge is 2.24. The molecule has 1 amide bonds. The molecule has 3 aromatic carbocycles. The van der Waals surface area contributed by atoms with Crippen molar-refractivity contribution in [3.05, 3.63) is 79.4 Å². The van der Waals surface area contributed by atoms with Crippen LogP contribution in [-0.2, 0) is 4.79 Å². The van der Waals surface area contributed by atoms with Crippen LogP contribution >= 0.6 is 56.9 Å². The monoisotopic (exact) mass is 711 g/mol. The number of methoxy groups -OCH3 is 1. The fourth-order valence-corrected chi connectivity index (χ4v) is 5.82. The van der Waals surface area contributed by atoms with Gasteiger partial charge in [-0.2, -0.15) is 9.67 Å². The zero-order valence-electron chi connectivity index (χ0n) is 18.4. The van der Waals surface area contributed by atoms with Crippen LogP contribution in [0.2, 0.25) is 0 Å². The van der Waals surface area contributed by atoms with Crippen molar-refractivity contribution in [2.75, 3.05) is 12.9 Å². The number of benzene rings is 3. The van der Waals surface area contributed by atoms with Crippen molar-refractivity contribution in [1.82, 2.24) is 15.6 Å². The van der Waals surface area contributed by atoms with Crippen LogP contribution in [0.1, 0.15) is 5.56 Å². The van der Waals surface area contributed by atoms with Crippen LogP contribution in [0, 0.1) is 7.14 Å². The molecule has 8 nitrogen and oxygen atoms in total. The number of hydrogen-bond donors (Lipinski definition) is 2. The van der Waals surface area contributed by atoms with Crippen molar-refractivity contribution in [2.24, 2.45) is 5.10 Å². The van der Waals surface area contributed by atoms with E-state index in [0.29, 0.717) is 14.3 Å². The zero-order valence-corrected chi connectivity index (χ0v) is 23.5. The molecule has 178 valence electrons. The Balaban J connectivity index is 1.51. The molecule has 0 radical (unpaired) electrons. The average molecular weight is 711 g/mol. The number of nitrogens with zero attached hydrogens (tertiary/aromatic N) is 3. The lowest BCUT2D eigenvalue weighted by Crippen LogP contribution is -2.34. The van der Waals surface area contributed by atoms with Crippen molar-refractivity contribution in [3.63, 3.8) is 0 Å². The Hall–Kier alpha value is -2.65. The van der Waals surface area contributed by atoms with Gasteiger partial charge in [0.25, 0.3) is 11.7 Å². The Bertz CT molecular complexity index is 1360. The summed E-state index contributed by atoms with van der Waals surface area (Å²) >= 11 is 5.39. The number of ether oxygens (including phenoxy) is 1. The van der Waals surface area contributed by atoms with Crippen LogP contribution in [0.3, 0.4) is 0 Å². The van der Waals surface area contributed by atoms with E-state index in [1.165, 1.54) is 18.0 Å². The van der Waals surface area contributed by atoms with Gasteiger partial charge in [0, 0.05) is 7.14 Å². The normalized spacial score (nSPS) is 11.1. The fourth-order valence-electron chi connectivity index (χ4n) is 3.17. The zero-order chi connectivity index (χ0) is 24.8. The van der Waals surface area contributed by atoms with Gasteiger partial charge in [-0.1, -0.05) is 23.9 Å². The first-order valence-electron chi connectivity index (χ1n) is 10.3. The first-order valence-corrected chi connectivity index (χ1v) is 13.4. The van der Waals surface area contributed by atoms with E-state index in [1.54, 1.807) is 19.2 Å². The number of hydrazone groups is 1. The largest absolute Gasteiger partial charge is 0.871 e. The van der Waals surface area contributed by atoms with Crippen LogP contribution in [0.5, 0.6) is 11.5 Å². The molecule has 0 saturated carbocycles. The number of rotatable bonds is 8. The van der Waals surface area contributed by atoms with Crippen LogP contribution < -0.4 is 19.8 Å². The molecule has 35 heavy (non-hydrogen) atoms. The first-order chi connectivity index (χ1) is 17.0. The minimum atomic E-state index is -0.315. The van der Waals surface area contributed by atoms with Gasteiger partial charge in [-0.15, -0.1) is 5.10 Å². The van der Waals surface area contributed by atoms with E-state index in [4.69, 9.17) is 4.74 Å². The van der Waals surface area contributed by atoms with E-state index < -0.39 is 0 Å². The van der Waals surface area contributed by atoms with Gasteiger partial charge in [0.15, 0.2) is 0 Å². The summed E-state index contributed by atoms with van der Waals surface area (Å²) in [6.07, 6.45) is 1.37. The number of hydrogen-bond acceptors (Lipinski definition) is 6. The highest BCUT2D eigenvalue weighted by atomic mass is 127. The second kappa shape index (κ2) is 11.9. The molecule has 11 heteroatoms. The Morgan fingerprint density at radius 3 is 2.66 bits per heavy atom. The molecule has 4 aromatic rings. The fraction of sp³-hybridized carbons (Fsp3) is 0.0833. The molecule has 0 bridgehead atoms. The Kier molecular flexibility index (Phi) is 8.62. The first kappa shape index (κ1) is 25.4. The molecule has 0 unspecified atom stereocenters. The van der Waals surface area contributed by atoms with E-state index in [-0.39, 0.29) is 17.4 Å². The summed E-state index contributed by atoms with van der Waals surface area (Å²) < 4.78 is 8.76. The molecule has 0 fully saturated rings. The molecule has 2 N–H and O–H groups in total. The Morgan fingerprint density at radius 2 is 1.94 bits per heavy atom. The number of carbonyl (C=O) groups is 1. The third-order valence-corrected chi connectivity index (χ3v) is 7.18. The summed E-state index contributed by atoms with van der Waals surface area (Å²) in [6, 6.07) is 20.9. The lowest BCUT2D eigenvalue weighted by Gasteiger charge is -2.13. The summed E-state index contributed by atoms with van der Waals surface area (Å²) in [6.45, 7) is 0. The maximum Gasteiger partial charge on any atom is 0.342 e. The molecule has 0 aliphatic rings. The minimum Gasteiger partial charge on any atom is -0.871 e. The number of nitrogens with one attached hydrogen (secondary N) is 2. The van der Waals surface area contributed by atoms with Crippen molar-refractivity contribution >= 4 is 69.1 Å². The summed E-state index contributed by atoms with van der Waals surface area (Å²) in [7, 11) is 1.62. The van der Waals surface area contributed by atoms with Gasteiger partial charge in [0.2, 0.25) is 0 Å². The van der Waals surface area contributed by atoms with Crippen LogP contribution in [0.15, 0.2) is 77.0 Å². The van der Waals surface area contributed by atoms with Crippen molar-refractivity contribution in [2.45, 2.75) is 5.16 Å². The van der Waals surface area contributed by atoms with E-state index in [0.717, 1.165) is 26.4 Å². The summed E-state index contributed by atoms with van der Waals surface area (Å²) in [5.74, 6) is 1.18. The molecular formula is C24H19I2N5O3S. The molecule has 4 rings (SSSR count). The second-order valence-corrected chi connectivity index (χ2v) is 10.5. The van der Waals surface area contributed by atoms with E-state index in [2.05, 4.69) is 43.3 Å². The standard InChI is InChI=1S/C24H19I2N5O3S/c1-34-19-9-7-18(8-10-19)31-23(15-5-3-2-4-6-15)29-30-24(31)35-14-21(32)28-27-13-16-11-17(25)12-20(26)22(16)33/h2-13H,14H2,1H3,(H2,27,28,32,33). The highest BCUT2D eigenvalue weighted by molar-refractivity contribution is 14.1. The van der Waals surface area contributed by atoms with Gasteiger partial charge < -0.3 is 9.84 Å². The van der Waals surface area contributed by atoms with Crippen LogP contribution in [-0.4, -0.2) is 35.2 Å². The predicted octanol–water partition coefficient (Wildman–Crippen LogP) is 3.89. The van der Waals surface area contributed by atoms with Crippen molar-refractivity contribution < 1.29 is 19.2 Å². The topological polar surface area (TPSA) is 106 Å². The van der Waals surface area contributed by atoms with Gasteiger partial charge >= 0.3 is 5.16 Å². The number of halogens is 2. The third-order valence-electron chi connectivity index (χ3n) is 4.81. The summed E-state index contributed by atoms with van der Waals surface area (Å²) in [4.78, 5) is 12.4. The van der Waals surface area contributed by atoms with Gasteiger partial charge in [-0.05, 0) is 111 Å². The van der Waals surface area contributed by atoms with Crippen molar-refractivity contribution in [1.29, 1.82) is 0 Å². The molecule has 0 aliphatic heterocycles. The van der Waals surface area contributed by atoms with Gasteiger partial charge in [-0.25, -0.2) is 5.43 Å². The molecule has 1 heterocycles. The Labute approximate surface area is 233 Å². The number of carbonyl (C=O) groups excluding carboxylic acids is 1. The number of H-pyrrole nitrogens is 1. The molecule has 0 spiro atoms. The SMILES string of the molecule is COc1ccc(-[n+]2c(SCC(=O)N/N=C/c3cc(I)cc(I)c3[O-])n[nH]c2-c2ccccc2)cc1. The third kappa shape index (κ3) is 6.32. The van der Waals surface area contributed by atoms with Crippen molar-refractivity contribution in [3.8, 4) is 28.6 Å². The van der Waals surface area contributed by atoms with Crippen LogP contribution in [0.4, 0.5) is 0 Å². The average Bonchev–Trinajstić information content (AvgIpc) is 3.30. The maximum absolute atomic E-state index is 12.4. The van der Waals surface area contributed by atoms with Crippen LogP contribution in [0.25, 0.3) is 17.1 Å². The number of amides is 1. The van der Waals surface area contributed by atoms with Gasteiger partial charge in [-0.3, -0.25) is 4.79 Å². The maximum atomic E-state index is 12.4. The second-order valence-electron chi connectivity index (χ2n) is 7.14. The lowest BCUT2D eigenvalue weighted by atomic mass is 10.2. The molecular weight excluding hydrogens is 692 g/mol. The number of aromatic amines is 1. The van der Waals surface area contributed by atoms with E-state index in [1.807, 2.05) is 81.8 Å². The molecule has 0 atom stereocenters. The number of thioether (sulfide) groups is 1. The lowest BCUT2D eigenvalue weighted by molar-refractivity contribution is -0.625. The number of aromatic nitrogens is 3. The Morgan fingerprint density at radius 1 is 1.20 bits per heavy atom. The minimum absolute atomic E-state index is 0.0840. The van der Waals surface area contributed by atoms with E-state index in [9.17, 15) is 9.90 Å². The van der Waals surface area contributed by atoms with Gasteiger partial charge in [0.05, 0.1) is 29.7 Å². The highest BCUT2D eigenvalue weighted by Crippen LogP contribution is 2.24. The van der Waals surface area contributed by atoms with Gasteiger partial charge in [0.1, 0.15) is 11.4 Å². The molecule has 1 aromatic heterocycles. The smallest absolute Gasteiger partial charge is 0.342 e. The van der Waals surface area contributed by atoms with E-state index >= 15 is 0 Å². The molecule has 0 aliphatic carbocycles. The molecule has 0 saturated heterocycles. The summed E-state index contributed by atoms with van der Waals surface area (Å²) in [5, 5.41) is 24.3. The predicted molar refractivity (Wildman–Crippen MR) is 150 cm³/mol. The quantitative estimate of drug-likeness (QED) is 0.0950.